The van der Waals surface area contributed by atoms with Crippen LogP contribution in [0.1, 0.15) is 18.1 Å². The lowest BCUT2D eigenvalue weighted by Crippen LogP contribution is -1.80. The summed E-state index contributed by atoms with van der Waals surface area (Å²) in [5, 5.41) is 0. The Morgan fingerprint density at radius 2 is 1.87 bits per heavy atom. The van der Waals surface area contributed by atoms with Crippen molar-refractivity contribution in [2.24, 2.45) is 0 Å². The quantitative estimate of drug-likeness (QED) is 0.661. The van der Waals surface area contributed by atoms with Crippen LogP contribution in [0.2, 0.25) is 0 Å². The maximum absolute atomic E-state index is 3.74. The van der Waals surface area contributed by atoms with Gasteiger partial charge in [-0.1, -0.05) is 55.1 Å². The Kier molecular flexibility index (Phi) is 2.68. The molecule has 0 fully saturated rings. The molecule has 0 saturated carbocycles. The average molecular weight is 194 g/mol. The molecule has 1 aromatic rings. The molecule has 0 spiro atoms. The predicted molar refractivity (Wildman–Crippen MR) is 67.4 cm³/mol. The molecule has 1 aliphatic carbocycles. The highest BCUT2D eigenvalue weighted by molar-refractivity contribution is 5.98. The van der Waals surface area contributed by atoms with Crippen LogP contribution < -0.4 is 0 Å². The van der Waals surface area contributed by atoms with Gasteiger partial charge in [0.2, 0.25) is 0 Å². The second kappa shape index (κ2) is 4.14. The molecule has 74 valence electrons. The highest BCUT2D eigenvalue weighted by Crippen LogP contribution is 2.35. The van der Waals surface area contributed by atoms with Crippen LogP contribution in [0, 0.1) is 0 Å². The van der Waals surface area contributed by atoms with Crippen molar-refractivity contribution in [3.8, 4) is 0 Å². The van der Waals surface area contributed by atoms with Gasteiger partial charge in [0.15, 0.2) is 0 Å². The normalized spacial score (nSPS) is 16.9. The lowest BCUT2D eigenvalue weighted by molar-refractivity contribution is 1.59. The van der Waals surface area contributed by atoms with Gasteiger partial charge in [0, 0.05) is 0 Å². The van der Waals surface area contributed by atoms with E-state index in [2.05, 4.69) is 55.1 Å². The van der Waals surface area contributed by atoms with Crippen molar-refractivity contribution in [2.45, 2.75) is 6.92 Å². The Hall–Kier alpha value is -1.82. The molecular formula is C15H14. The monoisotopic (exact) mass is 194 g/mol. The van der Waals surface area contributed by atoms with Crippen molar-refractivity contribution in [2.75, 3.05) is 0 Å². The van der Waals surface area contributed by atoms with Gasteiger partial charge in [-0.15, -0.1) is 0 Å². The zero-order valence-corrected chi connectivity index (χ0v) is 8.90. The summed E-state index contributed by atoms with van der Waals surface area (Å²) >= 11 is 0. The number of fused-ring (bicyclic) bond motifs is 1. The van der Waals surface area contributed by atoms with Gasteiger partial charge in [-0.3, -0.25) is 0 Å². The smallest absolute Gasteiger partial charge is 0.0105 e. The molecule has 1 aromatic carbocycles. The third-order valence-corrected chi connectivity index (χ3v) is 2.50. The summed E-state index contributed by atoms with van der Waals surface area (Å²) < 4.78 is 0. The molecule has 0 N–H and O–H groups in total. The van der Waals surface area contributed by atoms with E-state index in [1.54, 1.807) is 0 Å². The summed E-state index contributed by atoms with van der Waals surface area (Å²) in [7, 11) is 0. The van der Waals surface area contributed by atoms with E-state index < -0.39 is 0 Å². The number of hydrogen-bond donors (Lipinski definition) is 0. The van der Waals surface area contributed by atoms with Gasteiger partial charge in [-0.2, -0.15) is 0 Å². The third-order valence-electron chi connectivity index (χ3n) is 2.50. The molecule has 0 aliphatic heterocycles. The second-order valence-electron chi connectivity index (χ2n) is 3.50. The summed E-state index contributed by atoms with van der Waals surface area (Å²) in [6.07, 6.45) is 10.3. The number of allylic oxidation sites excluding steroid dienone is 7. The van der Waals surface area contributed by atoms with Crippen molar-refractivity contribution in [1.29, 1.82) is 0 Å². The predicted octanol–water partition coefficient (Wildman–Crippen LogP) is 4.23. The van der Waals surface area contributed by atoms with Crippen LogP contribution in [0.4, 0.5) is 0 Å². The van der Waals surface area contributed by atoms with Crippen LogP contribution in [-0.4, -0.2) is 0 Å². The standard InChI is InChI=1S/C15H14/c1-3-7-12-11-13(8-4-2)15-10-6-5-9-14(12)15/h3-11H,1H2,2H3/b8-4+,12-7-. The molecule has 0 atom stereocenters. The van der Waals surface area contributed by atoms with Crippen molar-refractivity contribution in [1.82, 2.24) is 0 Å². The summed E-state index contributed by atoms with van der Waals surface area (Å²) in [5.74, 6) is 0. The van der Waals surface area contributed by atoms with E-state index in [-0.39, 0.29) is 0 Å². The molecule has 0 nitrogen and oxygen atoms in total. The molecule has 0 radical (unpaired) electrons. The first kappa shape index (κ1) is 9.72. The molecular weight excluding hydrogens is 180 g/mol. The van der Waals surface area contributed by atoms with Crippen molar-refractivity contribution in [3.63, 3.8) is 0 Å². The maximum atomic E-state index is 3.74. The van der Waals surface area contributed by atoms with Crippen molar-refractivity contribution >= 4 is 11.1 Å². The van der Waals surface area contributed by atoms with Crippen LogP contribution in [-0.2, 0) is 0 Å². The summed E-state index contributed by atoms with van der Waals surface area (Å²) in [6, 6.07) is 8.46. The van der Waals surface area contributed by atoms with E-state index in [1.807, 2.05) is 13.0 Å². The van der Waals surface area contributed by atoms with Gasteiger partial charge in [-0.05, 0) is 35.3 Å². The molecule has 2 rings (SSSR count). The second-order valence-corrected chi connectivity index (χ2v) is 3.50. The lowest BCUT2D eigenvalue weighted by atomic mass is 10.0. The van der Waals surface area contributed by atoms with Crippen molar-refractivity contribution in [3.05, 3.63) is 72.4 Å². The first-order valence-corrected chi connectivity index (χ1v) is 5.13. The Balaban J connectivity index is 2.58. The van der Waals surface area contributed by atoms with Gasteiger partial charge < -0.3 is 0 Å². The lowest BCUT2D eigenvalue weighted by Gasteiger charge is -2.00. The molecule has 1 aliphatic rings. The number of rotatable bonds is 2. The fraction of sp³-hybridized carbons (Fsp3) is 0.0667. The average Bonchev–Trinajstić information content (AvgIpc) is 2.59. The van der Waals surface area contributed by atoms with Gasteiger partial charge in [0.05, 0.1) is 0 Å². The first-order chi connectivity index (χ1) is 7.36. The molecule has 0 heterocycles. The third kappa shape index (κ3) is 1.71. The van der Waals surface area contributed by atoms with E-state index in [4.69, 9.17) is 0 Å². The first-order valence-electron chi connectivity index (χ1n) is 5.13. The number of hydrogen-bond acceptors (Lipinski definition) is 0. The molecule has 0 heteroatoms. The summed E-state index contributed by atoms with van der Waals surface area (Å²) in [4.78, 5) is 0. The summed E-state index contributed by atoms with van der Waals surface area (Å²) in [5.41, 5.74) is 5.13. The maximum Gasteiger partial charge on any atom is -0.0105 e. The molecule has 0 amide bonds. The van der Waals surface area contributed by atoms with E-state index in [0.717, 1.165) is 0 Å². The Morgan fingerprint density at radius 3 is 2.53 bits per heavy atom. The minimum atomic E-state index is 1.24. The van der Waals surface area contributed by atoms with Gasteiger partial charge >= 0.3 is 0 Å². The fourth-order valence-corrected chi connectivity index (χ4v) is 1.89. The molecule has 0 aromatic heterocycles. The van der Waals surface area contributed by atoms with Crippen LogP contribution >= 0.6 is 0 Å². The van der Waals surface area contributed by atoms with Crippen LogP contribution in [0.25, 0.3) is 11.1 Å². The SMILES string of the molecule is C=C/C=C1C=C(/C=C/C)c2ccccc2/1. The zero-order chi connectivity index (χ0) is 10.7. The van der Waals surface area contributed by atoms with Crippen LogP contribution in [0.15, 0.2) is 61.2 Å². The van der Waals surface area contributed by atoms with Crippen molar-refractivity contribution < 1.29 is 0 Å². The summed E-state index contributed by atoms with van der Waals surface area (Å²) in [6.45, 7) is 5.78. The van der Waals surface area contributed by atoms with E-state index >= 15 is 0 Å². The zero-order valence-electron chi connectivity index (χ0n) is 8.90. The Bertz CT molecular complexity index is 471. The highest BCUT2D eigenvalue weighted by Gasteiger charge is 2.14. The molecule has 0 unspecified atom stereocenters. The molecule has 15 heavy (non-hydrogen) atoms. The van der Waals surface area contributed by atoms with E-state index in [1.165, 1.54) is 22.3 Å². The number of benzene rings is 1. The minimum Gasteiger partial charge on any atom is -0.0990 e. The minimum absolute atomic E-state index is 1.24. The van der Waals surface area contributed by atoms with E-state index in [9.17, 15) is 0 Å². The molecule has 0 bridgehead atoms. The van der Waals surface area contributed by atoms with Gasteiger partial charge in [-0.25, -0.2) is 0 Å². The largest absolute Gasteiger partial charge is 0.0990 e. The molecule has 0 saturated heterocycles. The van der Waals surface area contributed by atoms with Crippen LogP contribution in [0.5, 0.6) is 0 Å². The fourth-order valence-electron chi connectivity index (χ4n) is 1.89. The topological polar surface area (TPSA) is 0 Å². The highest BCUT2D eigenvalue weighted by atomic mass is 14.2. The Morgan fingerprint density at radius 1 is 1.13 bits per heavy atom. The van der Waals surface area contributed by atoms with Gasteiger partial charge in [0.1, 0.15) is 0 Å². The van der Waals surface area contributed by atoms with Crippen LogP contribution in [0.3, 0.4) is 0 Å². The Labute approximate surface area is 91.0 Å². The van der Waals surface area contributed by atoms with Gasteiger partial charge in [0.25, 0.3) is 0 Å². The van der Waals surface area contributed by atoms with E-state index in [0.29, 0.717) is 0 Å².